The van der Waals surface area contributed by atoms with Crippen LogP contribution in [0.4, 0.5) is 0 Å². The second-order valence-electron chi connectivity index (χ2n) is 5.76. The van der Waals surface area contributed by atoms with Crippen molar-refractivity contribution in [2.45, 2.75) is 78.2 Å². The van der Waals surface area contributed by atoms with Crippen LogP contribution in [-0.2, 0) is 13.6 Å². The molecular weight excluding hydrogens is 272 g/mol. The Labute approximate surface area is 122 Å². The first-order valence-corrected chi connectivity index (χ1v) is 10.9. The van der Waals surface area contributed by atoms with Gasteiger partial charge in [0.15, 0.2) is 0 Å². The fraction of sp³-hybridized carbons (Fsp3) is 0.929. The maximum atomic E-state index is 12.2. The zero-order valence-corrected chi connectivity index (χ0v) is 15.6. The highest BCUT2D eigenvalue weighted by molar-refractivity contribution is 6.76. The summed E-state index contributed by atoms with van der Waals surface area (Å²) in [6.45, 7) is 14.6. The number of carbonyl (C=O) groups is 1. The smallest absolute Gasteiger partial charge is 0.295 e. The van der Waals surface area contributed by atoms with E-state index in [0.717, 1.165) is 18.1 Å². The Balaban J connectivity index is 4.40. The minimum atomic E-state index is -1.89. The first kappa shape index (κ1) is 18.9. The van der Waals surface area contributed by atoms with Crippen molar-refractivity contribution in [3.05, 3.63) is 0 Å². The van der Waals surface area contributed by atoms with Gasteiger partial charge in [0.2, 0.25) is 9.76 Å². The van der Waals surface area contributed by atoms with E-state index in [1.165, 1.54) is 0 Å². The molecule has 0 N–H and O–H groups in total. The van der Waals surface area contributed by atoms with Crippen LogP contribution in [0, 0.1) is 5.92 Å². The van der Waals surface area contributed by atoms with E-state index < -0.39 is 8.32 Å². The van der Waals surface area contributed by atoms with E-state index in [0.29, 0.717) is 15.3 Å². The first-order chi connectivity index (χ1) is 8.79. The molecule has 0 heterocycles. The highest BCUT2D eigenvalue weighted by Crippen LogP contribution is 2.31. The monoisotopic (exact) mass is 302 g/mol. The molecule has 1 atom stereocenters. The topological polar surface area (TPSA) is 35.5 Å². The second kappa shape index (κ2) is 8.92. The van der Waals surface area contributed by atoms with Crippen LogP contribution in [0.1, 0.15) is 48.5 Å². The Morgan fingerprint density at radius 3 is 2.00 bits per heavy atom. The van der Waals surface area contributed by atoms with Crippen LogP contribution in [0.15, 0.2) is 0 Å². The fourth-order valence-electron chi connectivity index (χ4n) is 2.05. The average molecular weight is 303 g/mol. The van der Waals surface area contributed by atoms with E-state index in [-0.39, 0.29) is 18.0 Å². The third-order valence-corrected chi connectivity index (χ3v) is 10.2. The van der Waals surface area contributed by atoms with Gasteiger partial charge in [0, 0.05) is 6.10 Å². The van der Waals surface area contributed by atoms with Crippen LogP contribution in [0.25, 0.3) is 0 Å². The molecule has 0 aliphatic carbocycles. The molecule has 0 spiro atoms. The minimum absolute atomic E-state index is 0.0241. The van der Waals surface area contributed by atoms with Crippen molar-refractivity contribution >= 4 is 24.0 Å². The molecule has 0 aromatic rings. The molecule has 0 fully saturated rings. The summed E-state index contributed by atoms with van der Waals surface area (Å²) in [5, 5.41) is 0. The summed E-state index contributed by atoms with van der Waals surface area (Å²) in [4.78, 5) is 12.2. The van der Waals surface area contributed by atoms with Crippen LogP contribution in [-0.4, -0.2) is 30.2 Å². The van der Waals surface area contributed by atoms with Gasteiger partial charge >= 0.3 is 0 Å². The van der Waals surface area contributed by atoms with Gasteiger partial charge in [0.05, 0.1) is 5.92 Å². The highest BCUT2D eigenvalue weighted by Gasteiger charge is 2.39. The summed E-state index contributed by atoms with van der Waals surface area (Å²) in [5.74, 6) is -0.0790. The number of hydrogen-bond donors (Lipinski definition) is 0. The van der Waals surface area contributed by atoms with Gasteiger partial charge in [-0.1, -0.05) is 34.6 Å². The molecular formula is C14H30O3Si2. The normalized spacial score (nSPS) is 13.9. The first-order valence-electron chi connectivity index (χ1n) is 7.40. The van der Waals surface area contributed by atoms with Gasteiger partial charge in [0.25, 0.3) is 14.3 Å². The second-order valence-corrected chi connectivity index (χ2v) is 11.6. The van der Waals surface area contributed by atoms with Crippen molar-refractivity contribution in [2.24, 2.45) is 5.92 Å². The maximum Gasteiger partial charge on any atom is 0.295 e. The van der Waals surface area contributed by atoms with Crippen molar-refractivity contribution in [1.29, 1.82) is 0 Å². The minimum Gasteiger partial charge on any atom is -0.519 e. The molecule has 3 nitrogen and oxygen atoms in total. The molecule has 0 saturated carbocycles. The summed E-state index contributed by atoms with van der Waals surface area (Å²) >= 11 is 0. The van der Waals surface area contributed by atoms with Crippen molar-refractivity contribution in [2.75, 3.05) is 0 Å². The molecule has 0 bridgehead atoms. The van der Waals surface area contributed by atoms with E-state index in [2.05, 4.69) is 27.7 Å². The number of hydrogen-bond acceptors (Lipinski definition) is 3. The Morgan fingerprint density at radius 2 is 1.63 bits per heavy atom. The molecule has 2 radical (unpaired) electrons. The van der Waals surface area contributed by atoms with Gasteiger partial charge < -0.3 is 8.85 Å². The lowest BCUT2D eigenvalue weighted by Crippen LogP contribution is -2.43. The molecule has 1 unspecified atom stereocenters. The zero-order chi connectivity index (χ0) is 15.1. The lowest BCUT2D eigenvalue weighted by Gasteiger charge is -2.33. The number of carbonyl (C=O) groups excluding carboxylic acids is 1. The Bertz CT molecular complexity index is 263. The molecule has 0 saturated heterocycles. The van der Waals surface area contributed by atoms with Crippen LogP contribution in [0.3, 0.4) is 0 Å². The maximum absolute atomic E-state index is 12.2. The average Bonchev–Trinajstić information content (AvgIpc) is 2.34. The van der Waals surface area contributed by atoms with Gasteiger partial charge in [-0.25, -0.2) is 0 Å². The van der Waals surface area contributed by atoms with Gasteiger partial charge in [0.1, 0.15) is 0 Å². The lowest BCUT2D eigenvalue weighted by molar-refractivity contribution is -0.138. The molecule has 0 aliphatic rings. The summed E-state index contributed by atoms with van der Waals surface area (Å²) < 4.78 is 11.5. The van der Waals surface area contributed by atoms with Crippen LogP contribution in [0.5, 0.6) is 0 Å². The molecule has 0 aliphatic heterocycles. The third kappa shape index (κ3) is 6.23. The van der Waals surface area contributed by atoms with E-state index in [1.54, 1.807) is 0 Å². The third-order valence-electron chi connectivity index (χ3n) is 3.66. The summed E-state index contributed by atoms with van der Waals surface area (Å²) in [6.07, 6.45) is 0.233. The van der Waals surface area contributed by atoms with Crippen molar-refractivity contribution in [3.63, 3.8) is 0 Å². The quantitative estimate of drug-likeness (QED) is 0.603. The predicted molar refractivity (Wildman–Crippen MR) is 83.9 cm³/mol. The Kier molecular flexibility index (Phi) is 8.86. The van der Waals surface area contributed by atoms with Crippen LogP contribution >= 0.6 is 0 Å². The van der Waals surface area contributed by atoms with Gasteiger partial charge in [-0.15, -0.1) is 0 Å². The number of rotatable bonds is 9. The highest BCUT2D eigenvalue weighted by atomic mass is 28.4. The van der Waals surface area contributed by atoms with E-state index in [4.69, 9.17) is 8.85 Å². The Hall–Kier alpha value is -0.136. The van der Waals surface area contributed by atoms with E-state index in [9.17, 15) is 4.79 Å². The van der Waals surface area contributed by atoms with E-state index >= 15 is 0 Å². The largest absolute Gasteiger partial charge is 0.519 e. The molecule has 19 heavy (non-hydrogen) atoms. The van der Waals surface area contributed by atoms with Gasteiger partial charge in [-0.3, -0.25) is 4.79 Å². The molecule has 0 aromatic heterocycles. The lowest BCUT2D eigenvalue weighted by atomic mass is 10.2. The van der Waals surface area contributed by atoms with Crippen molar-refractivity contribution in [3.8, 4) is 0 Å². The van der Waals surface area contributed by atoms with Crippen molar-refractivity contribution < 1.29 is 13.6 Å². The van der Waals surface area contributed by atoms with Gasteiger partial charge in [-0.2, -0.15) is 0 Å². The zero-order valence-electron chi connectivity index (χ0n) is 13.6. The molecule has 112 valence electrons. The van der Waals surface area contributed by atoms with Crippen LogP contribution in [0.2, 0.25) is 23.7 Å². The Morgan fingerprint density at radius 1 is 1.11 bits per heavy atom. The van der Waals surface area contributed by atoms with E-state index in [1.807, 2.05) is 20.8 Å². The molecule has 0 amide bonds. The van der Waals surface area contributed by atoms with Crippen molar-refractivity contribution in [1.82, 2.24) is 0 Å². The summed E-state index contributed by atoms with van der Waals surface area (Å²) in [5.41, 5.74) is 0.480. The molecule has 0 rings (SSSR count). The van der Waals surface area contributed by atoms with Crippen LogP contribution < -0.4 is 0 Å². The van der Waals surface area contributed by atoms with Gasteiger partial charge in [-0.05, 0) is 37.5 Å². The molecule has 0 aromatic carbocycles. The SMILES string of the molecule is CC[Si](CC)(OC(=O)C(C)C[Si]OC(C)C)C(C)C. The summed E-state index contributed by atoms with van der Waals surface area (Å²) in [6, 6.07) is 2.78. The fourth-order valence-corrected chi connectivity index (χ4v) is 6.16. The predicted octanol–water partition coefficient (Wildman–Crippen LogP) is 4.02. The summed E-state index contributed by atoms with van der Waals surface area (Å²) in [7, 11) is -1.51. The molecule has 5 heteroatoms. The standard InChI is InChI=1S/C14H30O3Si2/c1-8-19(9-2,12(5)6)17-14(15)13(7)10-18-16-11(3)4/h11-13H,8-10H2,1-7H3.